The molecule has 0 bridgehead atoms. The van der Waals surface area contributed by atoms with Gasteiger partial charge in [-0.05, 0) is 36.4 Å². The minimum atomic E-state index is -4.66. The number of anilines is 2. The molecule has 0 saturated carbocycles. The molecular weight excluding hydrogens is 373 g/mol. The fourth-order valence-electron chi connectivity index (χ4n) is 2.11. The van der Waals surface area contributed by atoms with Crippen molar-refractivity contribution in [2.24, 2.45) is 0 Å². The molecular formula is C17H14ClF3N2O3. The van der Waals surface area contributed by atoms with Crippen LogP contribution in [0.4, 0.5) is 24.5 Å². The first-order valence-electron chi connectivity index (χ1n) is 7.29. The number of alkyl halides is 3. The predicted octanol–water partition coefficient (Wildman–Crippen LogP) is 4.20. The first-order chi connectivity index (χ1) is 12.2. The molecule has 138 valence electrons. The summed E-state index contributed by atoms with van der Waals surface area (Å²) in [6, 6.07) is 9.24. The molecule has 0 saturated heterocycles. The number of hydrogen-bond donors (Lipinski definition) is 2. The Balaban J connectivity index is 2.05. The third-order valence-corrected chi connectivity index (χ3v) is 3.53. The Bertz CT molecular complexity index is 825. The molecule has 0 unspecified atom stereocenters. The van der Waals surface area contributed by atoms with Crippen LogP contribution in [-0.2, 0) is 15.7 Å². The molecule has 0 heterocycles. The van der Waals surface area contributed by atoms with E-state index in [2.05, 4.69) is 15.4 Å². The molecule has 5 nitrogen and oxygen atoms in total. The lowest BCUT2D eigenvalue weighted by molar-refractivity contribution is -0.137. The van der Waals surface area contributed by atoms with Gasteiger partial charge in [-0.15, -0.1) is 0 Å². The summed E-state index contributed by atoms with van der Waals surface area (Å²) >= 11 is 5.59. The molecule has 9 heteroatoms. The summed E-state index contributed by atoms with van der Waals surface area (Å²) in [7, 11) is 1.24. The average molecular weight is 387 g/mol. The predicted molar refractivity (Wildman–Crippen MR) is 91.4 cm³/mol. The van der Waals surface area contributed by atoms with E-state index in [9.17, 15) is 22.8 Å². The zero-order chi connectivity index (χ0) is 19.3. The smallest absolute Gasteiger partial charge is 0.418 e. The van der Waals surface area contributed by atoms with Crippen molar-refractivity contribution >= 4 is 34.9 Å². The number of rotatable bonds is 5. The van der Waals surface area contributed by atoms with Crippen LogP contribution in [-0.4, -0.2) is 25.5 Å². The lowest BCUT2D eigenvalue weighted by Gasteiger charge is -2.14. The van der Waals surface area contributed by atoms with Crippen molar-refractivity contribution < 1.29 is 27.5 Å². The van der Waals surface area contributed by atoms with Crippen molar-refractivity contribution in [2.75, 3.05) is 24.3 Å². The van der Waals surface area contributed by atoms with Gasteiger partial charge in [0.25, 0.3) is 0 Å². The molecule has 2 N–H and O–H groups in total. The molecule has 0 radical (unpaired) electrons. The number of nitrogens with one attached hydrogen (secondary N) is 2. The molecule has 0 aliphatic rings. The maximum Gasteiger partial charge on any atom is 0.418 e. The summed E-state index contributed by atoms with van der Waals surface area (Å²) in [4.78, 5) is 23.4. The molecule has 2 rings (SSSR count). The molecule has 0 atom stereocenters. The SMILES string of the molecule is COC(=O)c1cccc(NCC(=O)Nc2ccc(Cl)cc2C(F)(F)F)c1. The van der Waals surface area contributed by atoms with Crippen LogP contribution < -0.4 is 10.6 Å². The standard InChI is InChI=1S/C17H14ClF3N2O3/c1-26-16(25)10-3-2-4-12(7-10)22-9-15(24)23-14-6-5-11(18)8-13(14)17(19,20)21/h2-8,22H,9H2,1H3,(H,23,24). The van der Waals surface area contributed by atoms with Gasteiger partial charge in [0.2, 0.25) is 5.91 Å². The van der Waals surface area contributed by atoms with Gasteiger partial charge >= 0.3 is 12.1 Å². The van der Waals surface area contributed by atoms with Crippen LogP contribution in [0.1, 0.15) is 15.9 Å². The lowest BCUT2D eigenvalue weighted by atomic mass is 10.1. The largest absolute Gasteiger partial charge is 0.465 e. The van der Waals surface area contributed by atoms with Crippen molar-refractivity contribution in [3.8, 4) is 0 Å². The van der Waals surface area contributed by atoms with E-state index in [0.29, 0.717) is 5.69 Å². The number of ether oxygens (including phenoxy) is 1. The monoisotopic (exact) mass is 386 g/mol. The van der Waals surface area contributed by atoms with Crippen LogP contribution in [0.3, 0.4) is 0 Å². The van der Waals surface area contributed by atoms with Gasteiger partial charge in [0, 0.05) is 10.7 Å². The first-order valence-corrected chi connectivity index (χ1v) is 7.67. The van der Waals surface area contributed by atoms with Crippen LogP contribution in [0.5, 0.6) is 0 Å². The van der Waals surface area contributed by atoms with E-state index in [1.807, 2.05) is 0 Å². The Morgan fingerprint density at radius 2 is 1.88 bits per heavy atom. The second kappa shape index (κ2) is 8.09. The van der Waals surface area contributed by atoms with Crippen molar-refractivity contribution in [3.63, 3.8) is 0 Å². The second-order valence-electron chi connectivity index (χ2n) is 5.16. The number of carbonyl (C=O) groups is 2. The minimum absolute atomic E-state index is 0.0897. The molecule has 0 aliphatic heterocycles. The van der Waals surface area contributed by atoms with E-state index in [1.54, 1.807) is 12.1 Å². The fourth-order valence-corrected chi connectivity index (χ4v) is 2.28. The number of carbonyl (C=O) groups excluding carboxylic acids is 2. The van der Waals surface area contributed by atoms with Gasteiger partial charge in [-0.1, -0.05) is 17.7 Å². The van der Waals surface area contributed by atoms with Crippen molar-refractivity contribution in [2.45, 2.75) is 6.18 Å². The highest BCUT2D eigenvalue weighted by Gasteiger charge is 2.34. The zero-order valence-corrected chi connectivity index (χ0v) is 14.2. The highest BCUT2D eigenvalue weighted by atomic mass is 35.5. The average Bonchev–Trinajstić information content (AvgIpc) is 2.60. The van der Waals surface area contributed by atoms with Crippen LogP contribution in [0.25, 0.3) is 0 Å². The van der Waals surface area contributed by atoms with Gasteiger partial charge in [0.15, 0.2) is 0 Å². The summed E-state index contributed by atoms with van der Waals surface area (Å²) in [6.45, 7) is -0.301. The van der Waals surface area contributed by atoms with Gasteiger partial charge < -0.3 is 15.4 Å². The van der Waals surface area contributed by atoms with Crippen molar-refractivity contribution in [3.05, 3.63) is 58.6 Å². The van der Waals surface area contributed by atoms with E-state index in [1.165, 1.54) is 25.3 Å². The summed E-state index contributed by atoms with van der Waals surface area (Å²) in [5, 5.41) is 4.83. The fraction of sp³-hybridized carbons (Fsp3) is 0.176. The molecule has 2 aromatic rings. The summed E-state index contributed by atoms with van der Waals surface area (Å²) < 4.78 is 43.6. The van der Waals surface area contributed by atoms with Crippen molar-refractivity contribution in [1.29, 1.82) is 0 Å². The van der Waals surface area contributed by atoms with E-state index < -0.39 is 29.3 Å². The second-order valence-corrected chi connectivity index (χ2v) is 5.60. The summed E-state index contributed by atoms with van der Waals surface area (Å²) in [5.41, 5.74) is -0.715. The molecule has 0 aliphatic carbocycles. The van der Waals surface area contributed by atoms with Crippen LogP contribution in [0.2, 0.25) is 5.02 Å². The maximum absolute atomic E-state index is 13.0. The number of hydrogen-bond acceptors (Lipinski definition) is 4. The quantitative estimate of drug-likeness (QED) is 0.756. The van der Waals surface area contributed by atoms with Crippen LogP contribution in [0.15, 0.2) is 42.5 Å². The number of esters is 1. The van der Waals surface area contributed by atoms with Crippen molar-refractivity contribution in [1.82, 2.24) is 0 Å². The molecule has 26 heavy (non-hydrogen) atoms. The Morgan fingerprint density at radius 3 is 2.54 bits per heavy atom. The van der Waals surface area contributed by atoms with E-state index in [0.717, 1.165) is 12.1 Å². The minimum Gasteiger partial charge on any atom is -0.465 e. The highest BCUT2D eigenvalue weighted by molar-refractivity contribution is 6.30. The Morgan fingerprint density at radius 1 is 1.15 bits per heavy atom. The topological polar surface area (TPSA) is 67.4 Å². The van der Waals surface area contributed by atoms with Crippen LogP contribution >= 0.6 is 11.6 Å². The van der Waals surface area contributed by atoms with E-state index >= 15 is 0 Å². The third kappa shape index (κ3) is 5.13. The van der Waals surface area contributed by atoms with Gasteiger partial charge in [0.1, 0.15) is 0 Å². The first kappa shape index (κ1) is 19.6. The molecule has 0 spiro atoms. The number of amides is 1. The summed E-state index contributed by atoms with van der Waals surface area (Å²) in [5.74, 6) is -1.24. The zero-order valence-electron chi connectivity index (χ0n) is 13.5. The molecule has 1 amide bonds. The molecule has 0 aromatic heterocycles. The van der Waals surface area contributed by atoms with E-state index in [-0.39, 0.29) is 17.1 Å². The van der Waals surface area contributed by atoms with Gasteiger partial charge in [0.05, 0.1) is 30.5 Å². The Labute approximate surface area is 152 Å². The third-order valence-electron chi connectivity index (χ3n) is 3.30. The molecule has 0 fully saturated rings. The van der Waals surface area contributed by atoms with Crippen LogP contribution in [0, 0.1) is 0 Å². The molecule has 2 aromatic carbocycles. The van der Waals surface area contributed by atoms with Gasteiger partial charge in [-0.2, -0.15) is 13.2 Å². The number of halogens is 4. The maximum atomic E-state index is 13.0. The lowest BCUT2D eigenvalue weighted by Crippen LogP contribution is -2.23. The Hall–Kier alpha value is -2.74. The van der Waals surface area contributed by atoms with Gasteiger partial charge in [-0.25, -0.2) is 4.79 Å². The normalized spacial score (nSPS) is 11.0. The Kier molecular flexibility index (Phi) is 6.10. The number of methoxy groups -OCH3 is 1. The summed E-state index contributed by atoms with van der Waals surface area (Å²) in [6.07, 6.45) is -4.66. The number of benzene rings is 2. The highest BCUT2D eigenvalue weighted by Crippen LogP contribution is 2.36. The van der Waals surface area contributed by atoms with E-state index in [4.69, 9.17) is 11.6 Å². The van der Waals surface area contributed by atoms with Gasteiger partial charge in [-0.3, -0.25) is 4.79 Å².